The quantitative estimate of drug-likeness (QED) is 0.807. The maximum atomic E-state index is 12.7. The molecule has 1 aliphatic rings. The number of amides is 2. The van der Waals surface area contributed by atoms with E-state index >= 15 is 0 Å². The first-order valence-electron chi connectivity index (χ1n) is 9.94. The summed E-state index contributed by atoms with van der Waals surface area (Å²) in [5.74, 6) is 1.28. The number of rotatable bonds is 6. The Hall–Kier alpha value is -3.02. The van der Waals surface area contributed by atoms with Gasteiger partial charge in [-0.3, -0.25) is 9.59 Å². The van der Waals surface area contributed by atoms with Crippen LogP contribution in [0, 0.1) is 0 Å². The Morgan fingerprint density at radius 1 is 1.31 bits per heavy atom. The molecule has 0 saturated carbocycles. The molecule has 2 atom stereocenters. The van der Waals surface area contributed by atoms with Crippen LogP contribution in [0.25, 0.3) is 0 Å². The van der Waals surface area contributed by atoms with Crippen LogP contribution in [0.3, 0.4) is 0 Å². The molecule has 0 aromatic heterocycles. The number of benzene rings is 2. The third-order valence-corrected chi connectivity index (χ3v) is 5.24. The van der Waals surface area contributed by atoms with Crippen LogP contribution in [-0.2, 0) is 22.6 Å². The van der Waals surface area contributed by atoms with Gasteiger partial charge in [-0.1, -0.05) is 19.1 Å². The standard InChI is InChI=1S/C23H28N2O4/c1-5-15(2)25-14-18-13-19(9-10-21(18)29-16(3)23(25)27)24-22(26)12-17-7-6-8-20(11-17)28-4/h6-11,13,15-16H,5,12,14H2,1-4H3,(H,24,26). The van der Waals surface area contributed by atoms with Gasteiger partial charge < -0.3 is 19.7 Å². The van der Waals surface area contributed by atoms with Crippen molar-refractivity contribution in [3.8, 4) is 11.5 Å². The van der Waals surface area contributed by atoms with Crippen LogP contribution in [0.1, 0.15) is 38.3 Å². The second kappa shape index (κ2) is 8.99. The highest BCUT2D eigenvalue weighted by atomic mass is 16.5. The molecule has 29 heavy (non-hydrogen) atoms. The van der Waals surface area contributed by atoms with Gasteiger partial charge in [-0.25, -0.2) is 0 Å². The predicted octanol–water partition coefficient (Wildman–Crippen LogP) is 3.78. The molecule has 1 heterocycles. The molecule has 2 aromatic rings. The van der Waals surface area contributed by atoms with Gasteiger partial charge in [0.25, 0.3) is 5.91 Å². The SMILES string of the molecule is CCC(C)N1Cc2cc(NC(=O)Cc3cccc(OC)c3)ccc2OC(C)C1=O. The fourth-order valence-corrected chi connectivity index (χ4v) is 3.40. The molecular formula is C23H28N2O4. The minimum Gasteiger partial charge on any atom is -0.497 e. The molecule has 0 saturated heterocycles. The van der Waals surface area contributed by atoms with Gasteiger partial charge in [-0.2, -0.15) is 0 Å². The van der Waals surface area contributed by atoms with Crippen LogP contribution in [0.4, 0.5) is 5.69 Å². The van der Waals surface area contributed by atoms with Crippen molar-refractivity contribution < 1.29 is 19.1 Å². The van der Waals surface area contributed by atoms with Crippen molar-refractivity contribution in [2.75, 3.05) is 12.4 Å². The Morgan fingerprint density at radius 2 is 2.10 bits per heavy atom. The normalized spacial score (nSPS) is 17.0. The number of ether oxygens (including phenoxy) is 2. The zero-order valence-electron chi connectivity index (χ0n) is 17.4. The maximum Gasteiger partial charge on any atom is 0.263 e. The van der Waals surface area contributed by atoms with Gasteiger partial charge in [0.15, 0.2) is 6.10 Å². The summed E-state index contributed by atoms with van der Waals surface area (Å²) in [6, 6.07) is 13.1. The van der Waals surface area contributed by atoms with Gasteiger partial charge in [0, 0.05) is 23.8 Å². The smallest absolute Gasteiger partial charge is 0.263 e. The Balaban J connectivity index is 1.75. The third kappa shape index (κ3) is 4.88. The molecule has 3 rings (SSSR count). The van der Waals surface area contributed by atoms with E-state index in [9.17, 15) is 9.59 Å². The number of carbonyl (C=O) groups excluding carboxylic acids is 2. The number of nitrogens with one attached hydrogen (secondary N) is 1. The molecule has 2 amide bonds. The molecule has 0 radical (unpaired) electrons. The zero-order chi connectivity index (χ0) is 21.0. The summed E-state index contributed by atoms with van der Waals surface area (Å²) in [5, 5.41) is 2.94. The largest absolute Gasteiger partial charge is 0.497 e. The molecule has 154 valence electrons. The number of methoxy groups -OCH3 is 1. The average molecular weight is 396 g/mol. The fraction of sp³-hybridized carbons (Fsp3) is 0.391. The fourth-order valence-electron chi connectivity index (χ4n) is 3.40. The molecule has 6 nitrogen and oxygen atoms in total. The van der Waals surface area contributed by atoms with E-state index in [2.05, 4.69) is 12.2 Å². The van der Waals surface area contributed by atoms with Gasteiger partial charge >= 0.3 is 0 Å². The van der Waals surface area contributed by atoms with Gasteiger partial charge in [0.2, 0.25) is 5.91 Å². The summed E-state index contributed by atoms with van der Waals surface area (Å²) in [4.78, 5) is 27.0. The van der Waals surface area contributed by atoms with E-state index in [1.165, 1.54) is 0 Å². The van der Waals surface area contributed by atoms with Crippen LogP contribution >= 0.6 is 0 Å². The first-order chi connectivity index (χ1) is 13.9. The minimum absolute atomic E-state index is 0.0147. The number of hydrogen-bond acceptors (Lipinski definition) is 4. The van der Waals surface area contributed by atoms with Crippen molar-refractivity contribution in [2.45, 2.75) is 52.3 Å². The summed E-state index contributed by atoms with van der Waals surface area (Å²) >= 11 is 0. The van der Waals surface area contributed by atoms with Crippen LogP contribution < -0.4 is 14.8 Å². The first-order valence-corrected chi connectivity index (χ1v) is 9.94. The lowest BCUT2D eigenvalue weighted by Crippen LogP contribution is -2.42. The molecule has 0 spiro atoms. The highest BCUT2D eigenvalue weighted by Gasteiger charge is 2.30. The lowest BCUT2D eigenvalue weighted by atomic mass is 10.1. The summed E-state index contributed by atoms with van der Waals surface area (Å²) in [5.41, 5.74) is 2.45. The summed E-state index contributed by atoms with van der Waals surface area (Å²) in [7, 11) is 1.60. The number of fused-ring (bicyclic) bond motifs is 1. The first kappa shape index (κ1) is 20.7. The summed E-state index contributed by atoms with van der Waals surface area (Å²) in [6.07, 6.45) is 0.586. The lowest BCUT2D eigenvalue weighted by Gasteiger charge is -2.28. The molecule has 2 unspecified atom stereocenters. The lowest BCUT2D eigenvalue weighted by molar-refractivity contribution is -0.139. The Kier molecular flexibility index (Phi) is 6.42. The zero-order valence-corrected chi connectivity index (χ0v) is 17.4. The van der Waals surface area contributed by atoms with E-state index in [1.54, 1.807) is 20.1 Å². The van der Waals surface area contributed by atoms with Crippen molar-refractivity contribution in [1.29, 1.82) is 0 Å². The molecule has 6 heteroatoms. The number of carbonyl (C=O) groups is 2. The van der Waals surface area contributed by atoms with E-state index in [0.29, 0.717) is 18.0 Å². The molecule has 0 bridgehead atoms. The Bertz CT molecular complexity index is 896. The van der Waals surface area contributed by atoms with Crippen molar-refractivity contribution in [1.82, 2.24) is 4.90 Å². The number of hydrogen-bond donors (Lipinski definition) is 1. The van der Waals surface area contributed by atoms with Gasteiger partial charge in [-0.15, -0.1) is 0 Å². The Labute approximate surface area is 171 Å². The van der Waals surface area contributed by atoms with Crippen LogP contribution in [-0.4, -0.2) is 36.0 Å². The maximum absolute atomic E-state index is 12.7. The molecular weight excluding hydrogens is 368 g/mol. The van der Waals surface area contributed by atoms with Gasteiger partial charge in [0.05, 0.1) is 13.5 Å². The van der Waals surface area contributed by atoms with Crippen molar-refractivity contribution >= 4 is 17.5 Å². The van der Waals surface area contributed by atoms with Crippen molar-refractivity contribution in [3.05, 3.63) is 53.6 Å². The third-order valence-electron chi connectivity index (χ3n) is 5.24. The van der Waals surface area contributed by atoms with E-state index < -0.39 is 6.10 Å². The van der Waals surface area contributed by atoms with Gasteiger partial charge in [-0.05, 0) is 56.2 Å². The van der Waals surface area contributed by atoms with Crippen molar-refractivity contribution in [3.63, 3.8) is 0 Å². The summed E-state index contributed by atoms with van der Waals surface area (Å²) in [6.45, 7) is 6.34. The molecule has 0 fully saturated rings. The van der Waals surface area contributed by atoms with E-state index in [4.69, 9.17) is 9.47 Å². The molecule has 2 aromatic carbocycles. The van der Waals surface area contributed by atoms with Crippen molar-refractivity contribution in [2.24, 2.45) is 0 Å². The number of anilines is 1. The second-order valence-corrected chi connectivity index (χ2v) is 7.38. The van der Waals surface area contributed by atoms with E-state index in [0.717, 1.165) is 23.3 Å². The van der Waals surface area contributed by atoms with Crippen LogP contribution in [0.2, 0.25) is 0 Å². The van der Waals surface area contributed by atoms with E-state index in [-0.39, 0.29) is 24.3 Å². The summed E-state index contributed by atoms with van der Waals surface area (Å²) < 4.78 is 11.1. The van der Waals surface area contributed by atoms with Crippen LogP contribution in [0.5, 0.6) is 11.5 Å². The second-order valence-electron chi connectivity index (χ2n) is 7.38. The van der Waals surface area contributed by atoms with Crippen LogP contribution in [0.15, 0.2) is 42.5 Å². The molecule has 1 N–H and O–H groups in total. The molecule has 0 aliphatic carbocycles. The predicted molar refractivity (Wildman–Crippen MR) is 112 cm³/mol. The topological polar surface area (TPSA) is 67.9 Å². The monoisotopic (exact) mass is 396 g/mol. The average Bonchev–Trinajstić information content (AvgIpc) is 2.84. The highest BCUT2D eigenvalue weighted by molar-refractivity contribution is 5.92. The van der Waals surface area contributed by atoms with E-state index in [1.807, 2.05) is 48.2 Å². The van der Waals surface area contributed by atoms with Gasteiger partial charge in [0.1, 0.15) is 11.5 Å². The highest BCUT2D eigenvalue weighted by Crippen LogP contribution is 2.30. The molecule has 1 aliphatic heterocycles. The minimum atomic E-state index is -0.529. The number of nitrogens with zero attached hydrogens (tertiary/aromatic N) is 1. The Morgan fingerprint density at radius 3 is 2.83 bits per heavy atom.